The van der Waals surface area contributed by atoms with Crippen LogP contribution in [0.1, 0.15) is 59.8 Å². The lowest BCUT2D eigenvalue weighted by molar-refractivity contribution is 0.130. The molecule has 0 aromatic rings. The van der Waals surface area contributed by atoms with Crippen LogP contribution in [0.4, 0.5) is 0 Å². The molecule has 0 amide bonds. The van der Waals surface area contributed by atoms with E-state index < -0.39 is 0 Å². The number of rotatable bonds is 7. The average Bonchev–Trinajstić information content (AvgIpc) is 2.17. The summed E-state index contributed by atoms with van der Waals surface area (Å²) in [5, 5.41) is 18.0. The van der Waals surface area contributed by atoms with Crippen LogP contribution in [0, 0.1) is 0 Å². The van der Waals surface area contributed by atoms with Crippen molar-refractivity contribution in [2.75, 3.05) is 0 Å². The maximum atomic E-state index is 9.32. The first-order chi connectivity index (χ1) is 7.84. The van der Waals surface area contributed by atoms with E-state index in [1.54, 1.807) is 6.92 Å². The number of aliphatic hydroxyl groups is 2. The van der Waals surface area contributed by atoms with Gasteiger partial charge in [-0.3, -0.25) is 0 Å². The van der Waals surface area contributed by atoms with Crippen molar-refractivity contribution in [3.63, 3.8) is 0 Å². The van der Waals surface area contributed by atoms with Crippen LogP contribution in [0.2, 0.25) is 0 Å². The van der Waals surface area contributed by atoms with Gasteiger partial charge in [0.1, 0.15) is 0 Å². The van der Waals surface area contributed by atoms with Crippen molar-refractivity contribution in [3.8, 4) is 0 Å². The van der Waals surface area contributed by atoms with Gasteiger partial charge in [-0.2, -0.15) is 0 Å². The molecule has 106 valence electrons. The van der Waals surface area contributed by atoms with E-state index in [0.29, 0.717) is 6.42 Å². The molecule has 17 heavy (non-hydrogen) atoms. The van der Waals surface area contributed by atoms with Crippen molar-refractivity contribution >= 4 is 0 Å². The number of nitrogens with two attached hydrogens (primary N) is 2. The van der Waals surface area contributed by atoms with Crippen LogP contribution in [0.25, 0.3) is 0 Å². The quantitative estimate of drug-likeness (QED) is 0.547. The zero-order chi connectivity index (χ0) is 13.8. The van der Waals surface area contributed by atoms with E-state index >= 15 is 0 Å². The van der Waals surface area contributed by atoms with Gasteiger partial charge in [-0.05, 0) is 33.1 Å². The molecule has 4 unspecified atom stereocenters. The SMILES string of the molecule is CC(N)CC(C)O.CCCC(N)C(O)CCC. The Bertz CT molecular complexity index is 136. The van der Waals surface area contributed by atoms with Crippen molar-refractivity contribution < 1.29 is 10.2 Å². The minimum absolute atomic E-state index is 0.00931. The summed E-state index contributed by atoms with van der Waals surface area (Å²) in [5.41, 5.74) is 11.0. The van der Waals surface area contributed by atoms with Gasteiger partial charge >= 0.3 is 0 Å². The third-order valence-electron chi connectivity index (χ3n) is 2.41. The lowest BCUT2D eigenvalue weighted by Gasteiger charge is -2.16. The molecule has 0 aliphatic carbocycles. The third kappa shape index (κ3) is 15.8. The molecule has 0 heterocycles. The fourth-order valence-electron chi connectivity index (χ4n) is 1.57. The Morgan fingerprint density at radius 2 is 1.41 bits per heavy atom. The molecular formula is C13H32N2O2. The van der Waals surface area contributed by atoms with E-state index in [0.717, 1.165) is 25.7 Å². The normalized spacial score (nSPS) is 17.6. The molecule has 4 heteroatoms. The Labute approximate surface area is 106 Å². The summed E-state index contributed by atoms with van der Waals surface area (Å²) in [5.74, 6) is 0. The van der Waals surface area contributed by atoms with E-state index in [1.807, 2.05) is 6.92 Å². The van der Waals surface area contributed by atoms with E-state index in [1.165, 1.54) is 0 Å². The van der Waals surface area contributed by atoms with Crippen molar-refractivity contribution in [1.82, 2.24) is 0 Å². The molecule has 0 aromatic heterocycles. The van der Waals surface area contributed by atoms with Gasteiger partial charge in [0.05, 0.1) is 12.2 Å². The Morgan fingerprint density at radius 1 is 0.941 bits per heavy atom. The second-order valence-electron chi connectivity index (χ2n) is 4.87. The summed E-state index contributed by atoms with van der Waals surface area (Å²) in [6.07, 6.45) is 3.99. The molecule has 0 aliphatic heterocycles. The first-order valence-corrected chi connectivity index (χ1v) is 6.72. The molecule has 0 bridgehead atoms. The fourth-order valence-corrected chi connectivity index (χ4v) is 1.57. The molecule has 0 aromatic carbocycles. The van der Waals surface area contributed by atoms with E-state index in [2.05, 4.69) is 13.8 Å². The Morgan fingerprint density at radius 3 is 1.65 bits per heavy atom. The standard InChI is InChI=1S/C8H19NO.C5H13NO/c1-3-5-7(9)8(10)6-4-2;1-4(6)3-5(2)7/h7-8,10H,3-6,9H2,1-2H3;4-5,7H,3,6H2,1-2H3. The van der Waals surface area contributed by atoms with Gasteiger partial charge in [-0.15, -0.1) is 0 Å². The topological polar surface area (TPSA) is 92.5 Å². The molecule has 4 nitrogen and oxygen atoms in total. The van der Waals surface area contributed by atoms with Gasteiger partial charge in [-0.25, -0.2) is 0 Å². The second kappa shape index (κ2) is 12.3. The predicted molar refractivity (Wildman–Crippen MR) is 73.7 cm³/mol. The number of hydrogen-bond donors (Lipinski definition) is 4. The molecule has 4 atom stereocenters. The zero-order valence-electron chi connectivity index (χ0n) is 11.9. The minimum atomic E-state index is -0.287. The molecule has 6 N–H and O–H groups in total. The number of aliphatic hydroxyl groups excluding tert-OH is 2. The maximum absolute atomic E-state index is 9.32. The second-order valence-corrected chi connectivity index (χ2v) is 4.87. The first-order valence-electron chi connectivity index (χ1n) is 6.72. The minimum Gasteiger partial charge on any atom is -0.393 e. The van der Waals surface area contributed by atoms with Crippen LogP contribution in [-0.2, 0) is 0 Å². The van der Waals surface area contributed by atoms with Gasteiger partial charge in [0.15, 0.2) is 0 Å². The summed E-state index contributed by atoms with van der Waals surface area (Å²) in [7, 11) is 0. The lowest BCUT2D eigenvalue weighted by Crippen LogP contribution is -2.34. The average molecular weight is 248 g/mol. The van der Waals surface area contributed by atoms with Crippen molar-refractivity contribution in [2.24, 2.45) is 11.5 Å². The Kier molecular flexibility index (Phi) is 13.9. The third-order valence-corrected chi connectivity index (χ3v) is 2.41. The van der Waals surface area contributed by atoms with Gasteiger partial charge in [0, 0.05) is 12.1 Å². The summed E-state index contributed by atoms with van der Waals surface area (Å²) in [6.45, 7) is 7.76. The maximum Gasteiger partial charge on any atom is 0.0691 e. The van der Waals surface area contributed by atoms with E-state index in [9.17, 15) is 5.11 Å². The van der Waals surface area contributed by atoms with Gasteiger partial charge < -0.3 is 21.7 Å². The van der Waals surface area contributed by atoms with Crippen LogP contribution in [0.15, 0.2) is 0 Å². The van der Waals surface area contributed by atoms with Crippen molar-refractivity contribution in [3.05, 3.63) is 0 Å². The molecular weight excluding hydrogens is 216 g/mol. The zero-order valence-corrected chi connectivity index (χ0v) is 11.9. The molecule has 0 radical (unpaired) electrons. The van der Waals surface area contributed by atoms with E-state index in [-0.39, 0.29) is 24.3 Å². The van der Waals surface area contributed by atoms with Crippen LogP contribution in [-0.4, -0.2) is 34.5 Å². The summed E-state index contributed by atoms with van der Waals surface area (Å²) >= 11 is 0. The van der Waals surface area contributed by atoms with E-state index in [4.69, 9.17) is 16.6 Å². The summed E-state index contributed by atoms with van der Waals surface area (Å²) < 4.78 is 0. The van der Waals surface area contributed by atoms with Gasteiger partial charge in [0.25, 0.3) is 0 Å². The van der Waals surface area contributed by atoms with Gasteiger partial charge in [-0.1, -0.05) is 26.7 Å². The molecule has 0 saturated carbocycles. The smallest absolute Gasteiger partial charge is 0.0691 e. The Balaban J connectivity index is 0. The number of hydrogen-bond acceptors (Lipinski definition) is 4. The molecule has 0 saturated heterocycles. The predicted octanol–water partition coefficient (Wildman–Crippen LogP) is 1.38. The highest BCUT2D eigenvalue weighted by molar-refractivity contribution is 4.70. The summed E-state index contributed by atoms with van der Waals surface area (Å²) in [6, 6.07) is 0.116. The molecule has 0 spiro atoms. The van der Waals surface area contributed by atoms with Gasteiger partial charge in [0.2, 0.25) is 0 Å². The lowest BCUT2D eigenvalue weighted by atomic mass is 10.0. The highest BCUT2D eigenvalue weighted by atomic mass is 16.3. The molecule has 0 fully saturated rings. The van der Waals surface area contributed by atoms with Crippen LogP contribution >= 0.6 is 0 Å². The molecule has 0 aliphatic rings. The van der Waals surface area contributed by atoms with Crippen molar-refractivity contribution in [2.45, 2.75) is 84.1 Å². The highest BCUT2D eigenvalue weighted by Gasteiger charge is 2.11. The van der Waals surface area contributed by atoms with Crippen LogP contribution in [0.3, 0.4) is 0 Å². The van der Waals surface area contributed by atoms with Crippen molar-refractivity contribution in [1.29, 1.82) is 0 Å². The summed E-state index contributed by atoms with van der Waals surface area (Å²) in [4.78, 5) is 0. The molecule has 0 rings (SSSR count). The Hall–Kier alpha value is -0.160. The van der Waals surface area contributed by atoms with Crippen LogP contribution < -0.4 is 11.5 Å². The monoisotopic (exact) mass is 248 g/mol. The first kappa shape index (κ1) is 19.2. The fraction of sp³-hybridized carbons (Fsp3) is 1.00. The van der Waals surface area contributed by atoms with Crippen LogP contribution in [0.5, 0.6) is 0 Å². The highest BCUT2D eigenvalue weighted by Crippen LogP contribution is 2.04. The largest absolute Gasteiger partial charge is 0.393 e.